The second-order valence-corrected chi connectivity index (χ2v) is 13.0. The SMILES string of the molecule is Cn1ccnc1CN(C(=O)[C@@H]1C[C@H]1c1ccccc1)c1ccc2c(c1)[C@@H](NS(=O)(=O)c1cccs1)CCC2. The van der Waals surface area contributed by atoms with Gasteiger partial charge in [-0.25, -0.2) is 18.1 Å². The number of carbonyl (C=O) groups is 1. The van der Waals surface area contributed by atoms with Crippen LogP contribution in [0.15, 0.2) is 82.6 Å². The number of nitrogens with zero attached hydrogens (tertiary/aromatic N) is 3. The number of aromatic nitrogens is 2. The number of thiophene rings is 1. The van der Waals surface area contributed by atoms with Gasteiger partial charge in [-0.3, -0.25) is 4.79 Å². The number of nitrogens with one attached hydrogen (secondary N) is 1. The van der Waals surface area contributed by atoms with Crippen LogP contribution in [-0.4, -0.2) is 23.9 Å². The van der Waals surface area contributed by atoms with Crippen molar-refractivity contribution in [1.82, 2.24) is 14.3 Å². The lowest BCUT2D eigenvalue weighted by atomic mass is 9.87. The smallest absolute Gasteiger partial charge is 0.250 e. The molecule has 3 atom stereocenters. The van der Waals surface area contributed by atoms with E-state index in [2.05, 4.69) is 27.9 Å². The molecule has 1 amide bonds. The van der Waals surface area contributed by atoms with Crippen LogP contribution in [0.1, 0.15) is 53.7 Å². The lowest BCUT2D eigenvalue weighted by Gasteiger charge is -2.29. The van der Waals surface area contributed by atoms with E-state index in [-0.39, 0.29) is 23.8 Å². The van der Waals surface area contributed by atoms with Crippen LogP contribution in [0.5, 0.6) is 0 Å². The minimum atomic E-state index is -3.62. The summed E-state index contributed by atoms with van der Waals surface area (Å²) in [4.78, 5) is 20.2. The third-order valence-corrected chi connectivity index (χ3v) is 10.5. The number of benzene rings is 2. The van der Waals surface area contributed by atoms with Crippen LogP contribution >= 0.6 is 11.3 Å². The van der Waals surface area contributed by atoms with E-state index in [0.29, 0.717) is 17.2 Å². The number of fused-ring (bicyclic) bond motifs is 1. The molecule has 0 bridgehead atoms. The van der Waals surface area contributed by atoms with E-state index < -0.39 is 10.0 Å². The average Bonchev–Trinajstić information content (AvgIpc) is 3.30. The van der Waals surface area contributed by atoms with Gasteiger partial charge in [0.2, 0.25) is 5.91 Å². The third kappa shape index (κ3) is 4.93. The molecule has 0 radical (unpaired) electrons. The number of sulfonamides is 1. The summed E-state index contributed by atoms with van der Waals surface area (Å²) in [6, 6.07) is 19.3. The van der Waals surface area contributed by atoms with E-state index >= 15 is 0 Å². The number of rotatable bonds is 8. The van der Waals surface area contributed by atoms with Crippen molar-refractivity contribution >= 4 is 33.0 Å². The van der Waals surface area contributed by atoms with Gasteiger partial charge in [-0.15, -0.1) is 11.3 Å². The molecule has 0 saturated heterocycles. The first-order valence-electron chi connectivity index (χ1n) is 12.9. The van der Waals surface area contributed by atoms with Gasteiger partial charge in [0, 0.05) is 37.1 Å². The standard InChI is InChI=1S/C29H30N4O3S2/c1-32-15-14-30-27(32)19-33(29(34)25-18-23(25)20-7-3-2-4-8-20)22-13-12-21-9-5-10-26(24(21)17-22)31-38(35,36)28-11-6-16-37-28/h2-4,6-8,11-17,23,25-26,31H,5,9-10,18-19H2,1H3/t23-,25+,26-/m0/s1. The number of anilines is 1. The highest BCUT2D eigenvalue weighted by Crippen LogP contribution is 2.49. The van der Waals surface area contributed by atoms with Crippen molar-refractivity contribution in [3.05, 3.63) is 101 Å². The Morgan fingerprint density at radius 3 is 2.74 bits per heavy atom. The minimum absolute atomic E-state index is 0.0772. The number of hydrogen-bond acceptors (Lipinski definition) is 5. The Bertz CT molecular complexity index is 1550. The Kier molecular flexibility index (Phi) is 6.67. The molecule has 1 saturated carbocycles. The molecule has 2 aromatic carbocycles. The van der Waals surface area contributed by atoms with Gasteiger partial charge >= 0.3 is 0 Å². The van der Waals surface area contributed by atoms with Crippen molar-refractivity contribution in [3.63, 3.8) is 0 Å². The Morgan fingerprint density at radius 2 is 2.00 bits per heavy atom. The zero-order chi connectivity index (χ0) is 26.3. The second kappa shape index (κ2) is 10.1. The molecule has 2 heterocycles. The van der Waals surface area contributed by atoms with Crippen LogP contribution < -0.4 is 9.62 Å². The largest absolute Gasteiger partial charge is 0.337 e. The van der Waals surface area contributed by atoms with Gasteiger partial charge in [-0.05, 0) is 71.9 Å². The van der Waals surface area contributed by atoms with Crippen LogP contribution in [-0.2, 0) is 34.8 Å². The van der Waals surface area contributed by atoms with Crippen LogP contribution in [0.4, 0.5) is 5.69 Å². The molecule has 2 aliphatic carbocycles. The third-order valence-electron chi connectivity index (χ3n) is 7.63. The van der Waals surface area contributed by atoms with Gasteiger partial charge in [0.1, 0.15) is 10.0 Å². The van der Waals surface area contributed by atoms with E-state index in [9.17, 15) is 13.2 Å². The Hall–Kier alpha value is -3.27. The maximum absolute atomic E-state index is 13.9. The number of amides is 1. The van der Waals surface area contributed by atoms with Crippen LogP contribution in [0.2, 0.25) is 0 Å². The van der Waals surface area contributed by atoms with E-state index in [1.165, 1.54) is 16.9 Å². The summed E-state index contributed by atoms with van der Waals surface area (Å²) >= 11 is 1.21. The summed E-state index contributed by atoms with van der Waals surface area (Å²) < 4.78 is 31.3. The average molecular weight is 547 g/mol. The Morgan fingerprint density at radius 1 is 1.16 bits per heavy atom. The molecule has 9 heteroatoms. The van der Waals surface area contributed by atoms with Gasteiger partial charge in [-0.2, -0.15) is 0 Å². The molecular formula is C29H30N4O3S2. The summed E-state index contributed by atoms with van der Waals surface area (Å²) in [5.74, 6) is 1.01. The van der Waals surface area contributed by atoms with E-state index in [4.69, 9.17) is 0 Å². The van der Waals surface area contributed by atoms with Crippen molar-refractivity contribution in [2.45, 2.75) is 48.4 Å². The van der Waals surface area contributed by atoms with E-state index in [0.717, 1.165) is 41.9 Å². The van der Waals surface area contributed by atoms with Gasteiger partial charge in [0.25, 0.3) is 10.0 Å². The zero-order valence-electron chi connectivity index (χ0n) is 21.2. The van der Waals surface area contributed by atoms with Gasteiger partial charge < -0.3 is 9.47 Å². The van der Waals surface area contributed by atoms with E-state index in [1.807, 2.05) is 53.0 Å². The molecule has 1 N–H and O–H groups in total. The van der Waals surface area contributed by atoms with Crippen molar-refractivity contribution in [3.8, 4) is 0 Å². The summed E-state index contributed by atoms with van der Waals surface area (Å²) in [5.41, 5.74) is 4.03. The molecule has 196 valence electrons. The van der Waals surface area contributed by atoms with Crippen LogP contribution in [0.25, 0.3) is 0 Å². The minimum Gasteiger partial charge on any atom is -0.337 e. The molecule has 38 heavy (non-hydrogen) atoms. The number of imidazole rings is 1. The maximum atomic E-state index is 13.9. The van der Waals surface area contributed by atoms with Gasteiger partial charge in [-0.1, -0.05) is 42.5 Å². The first-order chi connectivity index (χ1) is 18.4. The summed E-state index contributed by atoms with van der Waals surface area (Å²) in [5, 5.41) is 1.77. The maximum Gasteiger partial charge on any atom is 0.250 e. The molecule has 4 aromatic rings. The highest BCUT2D eigenvalue weighted by molar-refractivity contribution is 7.91. The fourth-order valence-electron chi connectivity index (χ4n) is 5.46. The number of carbonyl (C=O) groups excluding carboxylic acids is 1. The van der Waals surface area contributed by atoms with Crippen molar-refractivity contribution in [2.24, 2.45) is 13.0 Å². The van der Waals surface area contributed by atoms with Crippen molar-refractivity contribution < 1.29 is 13.2 Å². The fourth-order valence-corrected chi connectivity index (χ4v) is 7.72. The predicted molar refractivity (Wildman–Crippen MR) is 148 cm³/mol. The van der Waals surface area contributed by atoms with Gasteiger partial charge in [0.05, 0.1) is 6.54 Å². The molecule has 0 spiro atoms. The molecule has 7 nitrogen and oxygen atoms in total. The monoisotopic (exact) mass is 546 g/mol. The highest BCUT2D eigenvalue weighted by Gasteiger charge is 2.46. The topological polar surface area (TPSA) is 84.3 Å². The van der Waals surface area contributed by atoms with Crippen LogP contribution in [0.3, 0.4) is 0 Å². The lowest BCUT2D eigenvalue weighted by molar-refractivity contribution is -0.120. The normalized spacial score (nSPS) is 20.6. The zero-order valence-corrected chi connectivity index (χ0v) is 22.8. The quantitative estimate of drug-likeness (QED) is 0.330. The molecule has 2 aromatic heterocycles. The predicted octanol–water partition coefficient (Wildman–Crippen LogP) is 5.17. The highest BCUT2D eigenvalue weighted by atomic mass is 32.2. The van der Waals surface area contributed by atoms with Crippen molar-refractivity contribution in [2.75, 3.05) is 4.90 Å². The molecular weight excluding hydrogens is 516 g/mol. The van der Waals surface area contributed by atoms with Gasteiger partial charge in [0.15, 0.2) is 0 Å². The molecule has 0 aliphatic heterocycles. The first kappa shape index (κ1) is 25.0. The summed E-state index contributed by atoms with van der Waals surface area (Å²) in [6.07, 6.45) is 6.95. The lowest BCUT2D eigenvalue weighted by Crippen LogP contribution is -2.34. The fraction of sp³-hybridized carbons (Fsp3) is 0.310. The molecule has 0 unspecified atom stereocenters. The first-order valence-corrected chi connectivity index (χ1v) is 15.3. The Balaban J connectivity index is 1.32. The molecule has 1 fully saturated rings. The second-order valence-electron chi connectivity index (χ2n) is 10.1. The Labute approximate surface area is 227 Å². The number of aryl methyl sites for hydroxylation is 2. The molecule has 6 rings (SSSR count). The summed E-state index contributed by atoms with van der Waals surface area (Å²) in [7, 11) is -1.69. The van der Waals surface area contributed by atoms with E-state index in [1.54, 1.807) is 23.7 Å². The number of hydrogen-bond donors (Lipinski definition) is 1. The van der Waals surface area contributed by atoms with Crippen LogP contribution in [0, 0.1) is 5.92 Å². The van der Waals surface area contributed by atoms with Crippen molar-refractivity contribution in [1.29, 1.82) is 0 Å². The molecule has 2 aliphatic rings. The summed E-state index contributed by atoms with van der Waals surface area (Å²) in [6.45, 7) is 0.352.